The molecule has 114 valence electrons. The van der Waals surface area contributed by atoms with E-state index in [9.17, 15) is 0 Å². The van der Waals surface area contributed by atoms with Gasteiger partial charge in [-0.2, -0.15) is 0 Å². The summed E-state index contributed by atoms with van der Waals surface area (Å²) in [5.41, 5.74) is 4.75. The fourth-order valence-electron chi connectivity index (χ4n) is 2.65. The largest absolute Gasteiger partial charge is 0.391 e. The van der Waals surface area contributed by atoms with Crippen LogP contribution in [0, 0.1) is 0 Å². The summed E-state index contributed by atoms with van der Waals surface area (Å²) in [6.45, 7) is 4.42. The number of oxime groups is 1. The molecule has 0 fully saturated rings. The van der Waals surface area contributed by atoms with Gasteiger partial charge in [0.2, 0.25) is 0 Å². The highest BCUT2D eigenvalue weighted by Gasteiger charge is 2.22. The third-order valence-electron chi connectivity index (χ3n) is 4.02. The van der Waals surface area contributed by atoms with Crippen molar-refractivity contribution in [1.82, 2.24) is 0 Å². The second kappa shape index (κ2) is 6.53. The fraction of sp³-hybridized carbons (Fsp3) is 0.316. The number of rotatable bonds is 4. The van der Waals surface area contributed by atoms with Gasteiger partial charge in [-0.15, -0.1) is 0 Å². The van der Waals surface area contributed by atoms with Crippen molar-refractivity contribution in [1.29, 1.82) is 0 Å². The van der Waals surface area contributed by atoms with Crippen molar-refractivity contribution in [2.75, 3.05) is 0 Å². The second-order valence-corrected chi connectivity index (χ2v) is 6.51. The van der Waals surface area contributed by atoms with Gasteiger partial charge in [0.05, 0.1) is 5.71 Å². The van der Waals surface area contributed by atoms with Crippen LogP contribution in [0.1, 0.15) is 42.9 Å². The molecule has 0 saturated carbocycles. The Morgan fingerprint density at radius 1 is 1.09 bits per heavy atom. The maximum atomic E-state index is 5.92. The number of nitrogens with zero attached hydrogens (tertiary/aromatic N) is 1. The standard InChI is InChI=1S/C19H20ClNO/c1-13(2)15-5-3-14(4-6-15)11-18-12-19(21-22-18)16-7-9-17(20)10-8-16/h3-10,13,18H,11-12H2,1-2H3/t18-/m1/s1. The summed E-state index contributed by atoms with van der Waals surface area (Å²) in [6, 6.07) is 16.5. The Hall–Kier alpha value is -1.80. The van der Waals surface area contributed by atoms with Crippen molar-refractivity contribution in [2.45, 2.75) is 38.7 Å². The summed E-state index contributed by atoms with van der Waals surface area (Å²) in [7, 11) is 0. The molecular formula is C19H20ClNO. The van der Waals surface area contributed by atoms with Crippen molar-refractivity contribution in [3.8, 4) is 0 Å². The molecule has 0 spiro atoms. The van der Waals surface area contributed by atoms with Crippen LogP contribution in [0.2, 0.25) is 5.02 Å². The molecule has 2 nitrogen and oxygen atoms in total. The second-order valence-electron chi connectivity index (χ2n) is 6.08. The van der Waals surface area contributed by atoms with Gasteiger partial charge in [-0.25, -0.2) is 0 Å². The summed E-state index contributed by atoms with van der Waals surface area (Å²) in [5, 5.41) is 4.97. The Morgan fingerprint density at radius 2 is 1.77 bits per heavy atom. The van der Waals surface area contributed by atoms with E-state index < -0.39 is 0 Å². The summed E-state index contributed by atoms with van der Waals surface area (Å²) < 4.78 is 0. The van der Waals surface area contributed by atoms with Gasteiger partial charge in [0, 0.05) is 17.9 Å². The van der Waals surface area contributed by atoms with E-state index in [1.54, 1.807) is 0 Å². The first-order valence-electron chi connectivity index (χ1n) is 7.69. The maximum Gasteiger partial charge on any atom is 0.137 e. The highest BCUT2D eigenvalue weighted by atomic mass is 35.5. The molecule has 3 rings (SSSR count). The average Bonchev–Trinajstić information content (AvgIpc) is 2.97. The molecule has 0 radical (unpaired) electrons. The maximum absolute atomic E-state index is 5.92. The van der Waals surface area contributed by atoms with E-state index in [1.807, 2.05) is 24.3 Å². The van der Waals surface area contributed by atoms with E-state index >= 15 is 0 Å². The van der Waals surface area contributed by atoms with Crippen LogP contribution in [0.4, 0.5) is 0 Å². The third-order valence-corrected chi connectivity index (χ3v) is 4.27. The van der Waals surface area contributed by atoms with Crippen LogP contribution in [0.3, 0.4) is 0 Å². The van der Waals surface area contributed by atoms with E-state index in [0.29, 0.717) is 5.92 Å². The van der Waals surface area contributed by atoms with E-state index in [0.717, 1.165) is 29.1 Å². The smallest absolute Gasteiger partial charge is 0.137 e. The van der Waals surface area contributed by atoms with Gasteiger partial charge >= 0.3 is 0 Å². The molecule has 0 bridgehead atoms. The molecule has 0 N–H and O–H groups in total. The zero-order chi connectivity index (χ0) is 15.5. The Labute approximate surface area is 136 Å². The first-order valence-corrected chi connectivity index (χ1v) is 8.07. The van der Waals surface area contributed by atoms with Crippen molar-refractivity contribution >= 4 is 17.3 Å². The Kier molecular flexibility index (Phi) is 4.49. The molecule has 0 amide bonds. The molecular weight excluding hydrogens is 294 g/mol. The van der Waals surface area contributed by atoms with Gasteiger partial charge in [0.25, 0.3) is 0 Å². The molecule has 1 heterocycles. The first kappa shape index (κ1) is 15.1. The lowest BCUT2D eigenvalue weighted by molar-refractivity contribution is 0.0859. The highest BCUT2D eigenvalue weighted by molar-refractivity contribution is 6.30. The number of halogens is 1. The molecule has 0 aliphatic carbocycles. The fourth-order valence-corrected chi connectivity index (χ4v) is 2.78. The Morgan fingerprint density at radius 3 is 2.41 bits per heavy atom. The first-order chi connectivity index (χ1) is 10.6. The van der Waals surface area contributed by atoms with E-state index in [4.69, 9.17) is 16.4 Å². The zero-order valence-electron chi connectivity index (χ0n) is 12.9. The van der Waals surface area contributed by atoms with Crippen LogP contribution < -0.4 is 0 Å². The molecule has 0 saturated heterocycles. The zero-order valence-corrected chi connectivity index (χ0v) is 13.7. The lowest BCUT2D eigenvalue weighted by atomic mass is 9.97. The topological polar surface area (TPSA) is 21.6 Å². The predicted octanol–water partition coefficient (Wildman–Crippen LogP) is 5.20. The van der Waals surface area contributed by atoms with Gasteiger partial charge in [-0.1, -0.05) is 67.0 Å². The Bertz CT molecular complexity index is 659. The normalized spacial score (nSPS) is 17.5. The average molecular weight is 314 g/mol. The molecule has 1 aliphatic rings. The Balaban J connectivity index is 1.61. The minimum Gasteiger partial charge on any atom is -0.391 e. The highest BCUT2D eigenvalue weighted by Crippen LogP contribution is 2.22. The van der Waals surface area contributed by atoms with E-state index in [-0.39, 0.29) is 6.10 Å². The van der Waals surface area contributed by atoms with Crippen LogP contribution in [0.5, 0.6) is 0 Å². The van der Waals surface area contributed by atoms with Gasteiger partial charge in [0.15, 0.2) is 0 Å². The van der Waals surface area contributed by atoms with Crippen LogP contribution in [0.25, 0.3) is 0 Å². The molecule has 22 heavy (non-hydrogen) atoms. The summed E-state index contributed by atoms with van der Waals surface area (Å²) >= 11 is 5.92. The SMILES string of the molecule is CC(C)c1ccc(C[C@@H]2CC(c3ccc(Cl)cc3)=NO2)cc1. The van der Waals surface area contributed by atoms with Gasteiger partial charge in [-0.3, -0.25) is 0 Å². The minimum atomic E-state index is 0.121. The quantitative estimate of drug-likeness (QED) is 0.760. The molecule has 1 aliphatic heterocycles. The predicted molar refractivity (Wildman–Crippen MR) is 91.7 cm³/mol. The number of benzene rings is 2. The van der Waals surface area contributed by atoms with Crippen molar-refractivity contribution in [3.05, 3.63) is 70.2 Å². The van der Waals surface area contributed by atoms with Crippen LogP contribution in [-0.2, 0) is 11.3 Å². The molecule has 2 aromatic carbocycles. The molecule has 3 heteroatoms. The summed E-state index contributed by atoms with van der Waals surface area (Å²) in [5.74, 6) is 0.566. The summed E-state index contributed by atoms with van der Waals surface area (Å²) in [4.78, 5) is 5.59. The molecule has 0 aromatic heterocycles. The van der Waals surface area contributed by atoms with Gasteiger partial charge < -0.3 is 4.84 Å². The van der Waals surface area contributed by atoms with Gasteiger partial charge in [-0.05, 0) is 34.7 Å². The monoisotopic (exact) mass is 313 g/mol. The van der Waals surface area contributed by atoms with Gasteiger partial charge in [0.1, 0.15) is 6.10 Å². The van der Waals surface area contributed by atoms with E-state index in [2.05, 4.69) is 43.3 Å². The van der Waals surface area contributed by atoms with Crippen LogP contribution in [0.15, 0.2) is 53.7 Å². The summed E-state index contributed by atoms with van der Waals surface area (Å²) in [6.07, 6.45) is 1.85. The molecule has 1 atom stereocenters. The van der Waals surface area contributed by atoms with Crippen LogP contribution in [-0.4, -0.2) is 11.8 Å². The lowest BCUT2D eigenvalue weighted by Gasteiger charge is -2.10. The van der Waals surface area contributed by atoms with E-state index in [1.165, 1.54) is 11.1 Å². The minimum absolute atomic E-state index is 0.121. The van der Waals surface area contributed by atoms with Crippen molar-refractivity contribution < 1.29 is 4.84 Å². The van der Waals surface area contributed by atoms with Crippen molar-refractivity contribution in [3.63, 3.8) is 0 Å². The third kappa shape index (κ3) is 3.50. The lowest BCUT2D eigenvalue weighted by Crippen LogP contribution is -2.12. The van der Waals surface area contributed by atoms with Crippen molar-refractivity contribution in [2.24, 2.45) is 5.16 Å². The number of hydrogen-bond donors (Lipinski definition) is 0. The van der Waals surface area contributed by atoms with Crippen LogP contribution >= 0.6 is 11.6 Å². The number of hydrogen-bond acceptors (Lipinski definition) is 2. The molecule has 0 unspecified atom stereocenters. The molecule has 2 aromatic rings.